The van der Waals surface area contributed by atoms with Gasteiger partial charge >= 0.3 is 0 Å². The predicted molar refractivity (Wildman–Crippen MR) is 81.5 cm³/mol. The molecule has 1 heterocycles. The maximum atomic E-state index is 12.7. The lowest BCUT2D eigenvalue weighted by atomic mass is 9.85. The van der Waals surface area contributed by atoms with Crippen LogP contribution in [-0.4, -0.2) is 37.1 Å². The fourth-order valence-electron chi connectivity index (χ4n) is 2.68. The van der Waals surface area contributed by atoms with Gasteiger partial charge in [-0.15, -0.1) is 11.3 Å². The van der Waals surface area contributed by atoms with E-state index in [0.717, 1.165) is 25.7 Å². The van der Waals surface area contributed by atoms with Crippen LogP contribution in [0.3, 0.4) is 0 Å². The Morgan fingerprint density at radius 3 is 2.80 bits per heavy atom. The predicted octanol–water partition coefficient (Wildman–Crippen LogP) is 2.24. The molecule has 0 bridgehead atoms. The third kappa shape index (κ3) is 4.30. The Kier molecular flexibility index (Phi) is 6.01. The highest BCUT2D eigenvalue weighted by atomic mass is 32.1. The molecule has 1 aliphatic carbocycles. The van der Waals surface area contributed by atoms with Gasteiger partial charge in [0.05, 0.1) is 13.2 Å². The van der Waals surface area contributed by atoms with Crippen molar-refractivity contribution in [2.75, 3.05) is 20.3 Å². The summed E-state index contributed by atoms with van der Waals surface area (Å²) >= 11 is 1.69. The van der Waals surface area contributed by atoms with Crippen molar-refractivity contribution in [3.63, 3.8) is 0 Å². The van der Waals surface area contributed by atoms with Crippen LogP contribution in [-0.2, 0) is 16.1 Å². The van der Waals surface area contributed by atoms with Crippen molar-refractivity contribution in [2.45, 2.75) is 38.3 Å². The highest BCUT2D eigenvalue weighted by molar-refractivity contribution is 7.09. The molecule has 2 rings (SSSR count). The first kappa shape index (κ1) is 15.5. The number of nitrogens with zero attached hydrogens (tertiary/aromatic N) is 1. The van der Waals surface area contributed by atoms with Crippen LogP contribution in [0.1, 0.15) is 30.6 Å². The van der Waals surface area contributed by atoms with E-state index in [1.165, 1.54) is 4.88 Å². The average molecular weight is 296 g/mol. The lowest BCUT2D eigenvalue weighted by molar-refractivity contribution is -0.137. The van der Waals surface area contributed by atoms with E-state index < -0.39 is 0 Å². The average Bonchev–Trinajstić information content (AvgIpc) is 2.96. The molecule has 0 spiro atoms. The van der Waals surface area contributed by atoms with E-state index in [1.54, 1.807) is 18.4 Å². The lowest BCUT2D eigenvalue weighted by Crippen LogP contribution is -2.40. The maximum Gasteiger partial charge on any atom is 0.226 e. The van der Waals surface area contributed by atoms with Gasteiger partial charge in [-0.2, -0.15) is 0 Å². The number of methoxy groups -OCH3 is 1. The summed E-state index contributed by atoms with van der Waals surface area (Å²) in [4.78, 5) is 15.8. The van der Waals surface area contributed by atoms with E-state index in [4.69, 9.17) is 10.5 Å². The van der Waals surface area contributed by atoms with Gasteiger partial charge in [0.1, 0.15) is 0 Å². The lowest BCUT2D eigenvalue weighted by Gasteiger charge is -2.30. The Morgan fingerprint density at radius 1 is 1.45 bits per heavy atom. The van der Waals surface area contributed by atoms with E-state index in [1.807, 2.05) is 16.3 Å². The van der Waals surface area contributed by atoms with Crippen LogP contribution < -0.4 is 5.73 Å². The molecule has 1 fully saturated rings. The molecule has 0 saturated heterocycles. The highest BCUT2D eigenvalue weighted by Crippen LogP contribution is 2.26. The zero-order chi connectivity index (χ0) is 14.4. The molecule has 20 heavy (non-hydrogen) atoms. The molecule has 1 amide bonds. The van der Waals surface area contributed by atoms with Crippen LogP contribution in [0, 0.1) is 5.92 Å². The highest BCUT2D eigenvalue weighted by Gasteiger charge is 2.28. The zero-order valence-corrected chi connectivity index (χ0v) is 12.9. The first-order valence-electron chi connectivity index (χ1n) is 7.26. The van der Waals surface area contributed by atoms with E-state index in [0.29, 0.717) is 19.7 Å². The summed E-state index contributed by atoms with van der Waals surface area (Å²) in [5.74, 6) is 0.411. The minimum Gasteiger partial charge on any atom is -0.383 e. The zero-order valence-electron chi connectivity index (χ0n) is 12.1. The largest absolute Gasteiger partial charge is 0.383 e. The van der Waals surface area contributed by atoms with E-state index in [9.17, 15) is 4.79 Å². The minimum absolute atomic E-state index is 0.145. The molecule has 1 aromatic rings. The fraction of sp³-hybridized carbons (Fsp3) is 0.667. The first-order valence-corrected chi connectivity index (χ1v) is 8.14. The second-order valence-corrected chi connectivity index (χ2v) is 6.48. The fourth-order valence-corrected chi connectivity index (χ4v) is 3.40. The number of nitrogens with two attached hydrogens (primary N) is 1. The summed E-state index contributed by atoms with van der Waals surface area (Å²) < 4.78 is 5.14. The maximum absolute atomic E-state index is 12.7. The topological polar surface area (TPSA) is 55.6 Å². The smallest absolute Gasteiger partial charge is 0.226 e. The Balaban J connectivity index is 1.95. The van der Waals surface area contributed by atoms with Crippen molar-refractivity contribution in [1.82, 2.24) is 4.90 Å². The van der Waals surface area contributed by atoms with Gasteiger partial charge in [0.15, 0.2) is 0 Å². The molecule has 1 aromatic heterocycles. The van der Waals surface area contributed by atoms with E-state index >= 15 is 0 Å². The van der Waals surface area contributed by atoms with Gasteiger partial charge in [-0.05, 0) is 37.1 Å². The second kappa shape index (κ2) is 7.76. The number of carbonyl (C=O) groups excluding carboxylic acids is 1. The SMILES string of the molecule is COCCN(Cc1cccs1)C(=O)C1CCC(N)CC1. The van der Waals surface area contributed by atoms with Crippen molar-refractivity contribution in [2.24, 2.45) is 11.7 Å². The van der Waals surface area contributed by atoms with Crippen molar-refractivity contribution >= 4 is 17.2 Å². The van der Waals surface area contributed by atoms with Crippen molar-refractivity contribution in [1.29, 1.82) is 0 Å². The molecule has 0 aromatic carbocycles. The minimum atomic E-state index is 0.145. The number of hydrogen-bond donors (Lipinski definition) is 1. The van der Waals surface area contributed by atoms with Crippen molar-refractivity contribution < 1.29 is 9.53 Å². The van der Waals surface area contributed by atoms with Crippen LogP contribution >= 0.6 is 11.3 Å². The molecule has 5 heteroatoms. The van der Waals surface area contributed by atoms with Gasteiger partial charge in [0.25, 0.3) is 0 Å². The molecule has 2 N–H and O–H groups in total. The van der Waals surface area contributed by atoms with Crippen LogP contribution in [0.2, 0.25) is 0 Å². The van der Waals surface area contributed by atoms with E-state index in [2.05, 4.69) is 6.07 Å². The summed E-state index contributed by atoms with van der Waals surface area (Å²) in [6.45, 7) is 1.95. The van der Waals surface area contributed by atoms with Gasteiger partial charge in [-0.25, -0.2) is 0 Å². The number of ether oxygens (including phenoxy) is 1. The molecule has 1 aliphatic rings. The van der Waals surface area contributed by atoms with Gasteiger partial charge in [-0.1, -0.05) is 6.07 Å². The molecule has 0 radical (unpaired) electrons. The molecular weight excluding hydrogens is 272 g/mol. The standard InChI is InChI=1S/C15H24N2O2S/c1-19-9-8-17(11-14-3-2-10-20-14)15(18)12-4-6-13(16)7-5-12/h2-3,10,12-13H,4-9,11,16H2,1H3. The Bertz CT molecular complexity index is 400. The second-order valence-electron chi connectivity index (χ2n) is 5.44. The number of rotatable bonds is 6. The summed E-state index contributed by atoms with van der Waals surface area (Å²) in [6, 6.07) is 4.39. The molecule has 4 nitrogen and oxygen atoms in total. The number of carbonyl (C=O) groups is 1. The Labute approximate surface area is 124 Å². The molecule has 0 atom stereocenters. The third-order valence-electron chi connectivity index (χ3n) is 3.92. The summed E-state index contributed by atoms with van der Waals surface area (Å²) in [6.07, 6.45) is 3.78. The normalized spacial score (nSPS) is 22.7. The Morgan fingerprint density at radius 2 is 2.20 bits per heavy atom. The summed E-state index contributed by atoms with van der Waals surface area (Å²) in [5.41, 5.74) is 5.92. The van der Waals surface area contributed by atoms with Crippen molar-refractivity contribution in [3.05, 3.63) is 22.4 Å². The first-order chi connectivity index (χ1) is 9.70. The van der Waals surface area contributed by atoms with Gasteiger partial charge in [0.2, 0.25) is 5.91 Å². The monoisotopic (exact) mass is 296 g/mol. The molecule has 0 aliphatic heterocycles. The van der Waals surface area contributed by atoms with Gasteiger partial charge in [-0.3, -0.25) is 4.79 Å². The molecular formula is C15H24N2O2S. The van der Waals surface area contributed by atoms with Crippen molar-refractivity contribution in [3.8, 4) is 0 Å². The van der Waals surface area contributed by atoms with Gasteiger partial charge in [0, 0.05) is 30.5 Å². The molecule has 1 saturated carbocycles. The number of hydrogen-bond acceptors (Lipinski definition) is 4. The molecule has 112 valence electrons. The number of thiophene rings is 1. The van der Waals surface area contributed by atoms with Crippen LogP contribution in [0.15, 0.2) is 17.5 Å². The number of amides is 1. The third-order valence-corrected chi connectivity index (χ3v) is 4.79. The van der Waals surface area contributed by atoms with Crippen LogP contribution in [0.25, 0.3) is 0 Å². The van der Waals surface area contributed by atoms with Crippen LogP contribution in [0.5, 0.6) is 0 Å². The van der Waals surface area contributed by atoms with Crippen LogP contribution in [0.4, 0.5) is 0 Å². The van der Waals surface area contributed by atoms with Gasteiger partial charge < -0.3 is 15.4 Å². The summed E-state index contributed by atoms with van der Waals surface area (Å²) in [7, 11) is 1.67. The summed E-state index contributed by atoms with van der Waals surface area (Å²) in [5, 5.41) is 2.05. The van der Waals surface area contributed by atoms with E-state index in [-0.39, 0.29) is 17.9 Å². The quantitative estimate of drug-likeness (QED) is 0.876. The molecule has 0 unspecified atom stereocenters. The Hall–Kier alpha value is -0.910.